The van der Waals surface area contributed by atoms with Gasteiger partial charge in [0.25, 0.3) is 15.9 Å². The Labute approximate surface area is 168 Å². The summed E-state index contributed by atoms with van der Waals surface area (Å²) < 4.78 is 26.5. The average Bonchev–Trinajstić information content (AvgIpc) is 2.74. The van der Waals surface area contributed by atoms with Crippen LogP contribution in [0.3, 0.4) is 0 Å². The van der Waals surface area contributed by atoms with Crippen molar-refractivity contribution in [3.05, 3.63) is 90.0 Å². The molecule has 2 amide bonds. The summed E-state index contributed by atoms with van der Waals surface area (Å²) >= 11 is 0. The topological polar surface area (TPSA) is 110 Å². The lowest BCUT2D eigenvalue weighted by Gasteiger charge is -2.19. The number of hydrogen-bond donors (Lipinski definition) is 2. The van der Waals surface area contributed by atoms with Gasteiger partial charge in [0, 0.05) is 23.9 Å². The number of carbonyl (C=O) groups is 2. The zero-order valence-corrected chi connectivity index (χ0v) is 16.4. The molecule has 0 spiro atoms. The second kappa shape index (κ2) is 8.15. The number of amides is 2. The van der Waals surface area contributed by atoms with Crippen LogP contribution in [0.1, 0.15) is 20.7 Å². The van der Waals surface area contributed by atoms with Crippen molar-refractivity contribution in [2.45, 2.75) is 4.90 Å². The van der Waals surface area contributed by atoms with Crippen molar-refractivity contribution in [3.63, 3.8) is 0 Å². The maximum atomic E-state index is 12.7. The first kappa shape index (κ1) is 20.1. The number of nitrogens with two attached hydrogens (primary N) is 1. The van der Waals surface area contributed by atoms with Gasteiger partial charge < -0.3 is 11.1 Å². The molecule has 0 aliphatic heterocycles. The lowest BCUT2D eigenvalue weighted by molar-refractivity contribution is 0.0996. The third-order valence-corrected chi connectivity index (χ3v) is 6.10. The lowest BCUT2D eigenvalue weighted by Crippen LogP contribution is -2.26. The molecule has 148 valence electrons. The SMILES string of the molecule is CN(c1ccc(C(=O)Nc2cccc(C(N)=O)c2)cc1)S(=O)(=O)c1ccccc1. The number of carbonyl (C=O) groups excluding carboxylic acids is 2. The fourth-order valence-corrected chi connectivity index (χ4v) is 3.88. The van der Waals surface area contributed by atoms with Gasteiger partial charge in [0.05, 0.1) is 10.6 Å². The van der Waals surface area contributed by atoms with Crippen LogP contribution in [0.25, 0.3) is 0 Å². The summed E-state index contributed by atoms with van der Waals surface area (Å²) in [5.41, 5.74) is 6.71. The Morgan fingerprint density at radius 3 is 2.14 bits per heavy atom. The van der Waals surface area contributed by atoms with E-state index in [1.54, 1.807) is 48.5 Å². The maximum Gasteiger partial charge on any atom is 0.264 e. The summed E-state index contributed by atoms with van der Waals surface area (Å²) in [6.45, 7) is 0. The minimum absolute atomic E-state index is 0.179. The first-order valence-electron chi connectivity index (χ1n) is 8.64. The first-order chi connectivity index (χ1) is 13.8. The van der Waals surface area contributed by atoms with E-state index < -0.39 is 21.8 Å². The van der Waals surface area contributed by atoms with Crippen LogP contribution in [0.2, 0.25) is 0 Å². The van der Waals surface area contributed by atoms with E-state index in [4.69, 9.17) is 5.73 Å². The van der Waals surface area contributed by atoms with Crippen LogP contribution in [-0.4, -0.2) is 27.3 Å². The molecule has 0 atom stereocenters. The van der Waals surface area contributed by atoms with Crippen LogP contribution in [0.4, 0.5) is 11.4 Å². The highest BCUT2D eigenvalue weighted by Gasteiger charge is 2.21. The summed E-state index contributed by atoms with van der Waals surface area (Å²) in [6.07, 6.45) is 0. The van der Waals surface area contributed by atoms with Gasteiger partial charge in [0.15, 0.2) is 0 Å². The van der Waals surface area contributed by atoms with E-state index in [1.165, 1.54) is 37.4 Å². The van der Waals surface area contributed by atoms with Crippen LogP contribution in [-0.2, 0) is 10.0 Å². The molecule has 0 radical (unpaired) electrons. The zero-order chi connectivity index (χ0) is 21.0. The molecular formula is C21H19N3O4S. The second-order valence-electron chi connectivity index (χ2n) is 6.23. The molecule has 3 aromatic carbocycles. The average molecular weight is 409 g/mol. The molecule has 0 aromatic heterocycles. The van der Waals surface area contributed by atoms with E-state index in [-0.39, 0.29) is 10.5 Å². The Morgan fingerprint density at radius 1 is 0.862 bits per heavy atom. The third kappa shape index (κ3) is 4.44. The Hall–Kier alpha value is -3.65. The van der Waals surface area contributed by atoms with Crippen LogP contribution in [0, 0.1) is 0 Å². The van der Waals surface area contributed by atoms with Crippen LogP contribution in [0.15, 0.2) is 83.8 Å². The van der Waals surface area contributed by atoms with Crippen LogP contribution in [0.5, 0.6) is 0 Å². The third-order valence-electron chi connectivity index (χ3n) is 4.30. The van der Waals surface area contributed by atoms with Crippen molar-refractivity contribution in [1.29, 1.82) is 0 Å². The first-order valence-corrected chi connectivity index (χ1v) is 10.1. The number of hydrogen-bond acceptors (Lipinski definition) is 4. The summed E-state index contributed by atoms with van der Waals surface area (Å²) in [4.78, 5) is 23.9. The van der Waals surface area contributed by atoms with Gasteiger partial charge in [-0.25, -0.2) is 8.42 Å². The number of rotatable bonds is 6. The predicted octanol–water partition coefficient (Wildman–Crippen LogP) is 2.86. The van der Waals surface area contributed by atoms with E-state index >= 15 is 0 Å². The summed E-state index contributed by atoms with van der Waals surface area (Å²) in [6, 6.07) is 20.5. The predicted molar refractivity (Wildman–Crippen MR) is 111 cm³/mol. The van der Waals surface area contributed by atoms with E-state index in [1.807, 2.05) is 0 Å². The van der Waals surface area contributed by atoms with E-state index in [9.17, 15) is 18.0 Å². The smallest absolute Gasteiger partial charge is 0.264 e. The monoisotopic (exact) mass is 409 g/mol. The lowest BCUT2D eigenvalue weighted by atomic mass is 10.1. The van der Waals surface area contributed by atoms with Crippen LogP contribution >= 0.6 is 0 Å². The molecule has 7 nitrogen and oxygen atoms in total. The minimum Gasteiger partial charge on any atom is -0.366 e. The fraction of sp³-hybridized carbons (Fsp3) is 0.0476. The second-order valence-corrected chi connectivity index (χ2v) is 8.20. The number of sulfonamides is 1. The molecule has 8 heteroatoms. The van der Waals surface area contributed by atoms with Gasteiger partial charge in [-0.15, -0.1) is 0 Å². The van der Waals surface area contributed by atoms with E-state index in [2.05, 4.69) is 5.32 Å². The summed E-state index contributed by atoms with van der Waals surface area (Å²) in [5.74, 6) is -0.986. The largest absolute Gasteiger partial charge is 0.366 e. The molecule has 3 aromatic rings. The molecule has 3 rings (SSSR count). The number of anilines is 2. The quantitative estimate of drug-likeness (QED) is 0.652. The Bertz CT molecular complexity index is 1140. The van der Waals surface area contributed by atoms with E-state index in [0.717, 1.165) is 4.31 Å². The van der Waals surface area contributed by atoms with Crippen molar-refractivity contribution in [3.8, 4) is 0 Å². The van der Waals surface area contributed by atoms with E-state index in [0.29, 0.717) is 16.9 Å². The Balaban J connectivity index is 1.77. The summed E-state index contributed by atoms with van der Waals surface area (Å²) in [7, 11) is -2.25. The molecule has 29 heavy (non-hydrogen) atoms. The molecule has 0 aliphatic rings. The van der Waals surface area contributed by atoms with Gasteiger partial charge >= 0.3 is 0 Å². The minimum atomic E-state index is -3.70. The van der Waals surface area contributed by atoms with Gasteiger partial charge in [0.1, 0.15) is 0 Å². The van der Waals surface area contributed by atoms with Gasteiger partial charge in [0.2, 0.25) is 5.91 Å². The highest BCUT2D eigenvalue weighted by atomic mass is 32.2. The van der Waals surface area contributed by atoms with Crippen molar-refractivity contribution in [1.82, 2.24) is 0 Å². The Morgan fingerprint density at radius 2 is 1.52 bits per heavy atom. The normalized spacial score (nSPS) is 10.9. The molecule has 0 saturated heterocycles. The maximum absolute atomic E-state index is 12.7. The molecular weight excluding hydrogens is 390 g/mol. The highest BCUT2D eigenvalue weighted by molar-refractivity contribution is 7.92. The standard InChI is InChI=1S/C21H19N3O4S/c1-24(29(27,28)19-8-3-2-4-9-19)18-12-10-15(11-13-18)21(26)23-17-7-5-6-16(14-17)20(22)25/h2-14H,1H3,(H2,22,25)(H,23,26). The van der Waals surface area contributed by atoms with Crippen LogP contribution < -0.4 is 15.4 Å². The molecule has 0 heterocycles. The molecule has 0 fully saturated rings. The number of nitrogens with one attached hydrogen (secondary N) is 1. The van der Waals surface area contributed by atoms with Crippen molar-refractivity contribution in [2.24, 2.45) is 5.73 Å². The molecule has 3 N–H and O–H groups in total. The van der Waals surface area contributed by atoms with Gasteiger partial charge in [-0.3, -0.25) is 13.9 Å². The summed E-state index contributed by atoms with van der Waals surface area (Å²) in [5, 5.41) is 2.68. The van der Waals surface area contributed by atoms with Crippen molar-refractivity contribution >= 4 is 33.2 Å². The van der Waals surface area contributed by atoms with Gasteiger partial charge in [-0.1, -0.05) is 24.3 Å². The molecule has 0 saturated carbocycles. The fourth-order valence-electron chi connectivity index (χ4n) is 2.67. The highest BCUT2D eigenvalue weighted by Crippen LogP contribution is 2.22. The number of benzene rings is 3. The number of primary amides is 1. The van der Waals surface area contributed by atoms with Crippen molar-refractivity contribution < 1.29 is 18.0 Å². The molecule has 0 aliphatic carbocycles. The number of nitrogens with zero attached hydrogens (tertiary/aromatic N) is 1. The van der Waals surface area contributed by atoms with Crippen molar-refractivity contribution in [2.75, 3.05) is 16.7 Å². The van der Waals surface area contributed by atoms with Gasteiger partial charge in [-0.2, -0.15) is 0 Å². The Kier molecular flexibility index (Phi) is 5.65. The molecule has 0 unspecified atom stereocenters. The zero-order valence-electron chi connectivity index (χ0n) is 15.6. The molecule has 0 bridgehead atoms. The van der Waals surface area contributed by atoms with Gasteiger partial charge in [-0.05, 0) is 54.6 Å².